The van der Waals surface area contributed by atoms with Crippen LogP contribution in [0.1, 0.15) is 32.6 Å². The molecule has 0 N–H and O–H groups in total. The second kappa shape index (κ2) is 4.94. The summed E-state index contributed by atoms with van der Waals surface area (Å²) in [6.07, 6.45) is 3.95. The molecule has 1 aliphatic carbocycles. The number of ether oxygens (including phenoxy) is 3. The number of carbonyl (C=O) groups excluding carboxylic acids is 1. The average Bonchev–Trinajstić information content (AvgIpc) is 2.99. The van der Waals surface area contributed by atoms with E-state index in [4.69, 9.17) is 14.2 Å². The minimum Gasteiger partial charge on any atom is -0.466 e. The van der Waals surface area contributed by atoms with E-state index < -0.39 is 0 Å². The van der Waals surface area contributed by atoms with E-state index in [2.05, 4.69) is 0 Å². The Hall–Kier alpha value is -0.610. The van der Waals surface area contributed by atoms with E-state index in [1.807, 2.05) is 6.92 Å². The van der Waals surface area contributed by atoms with Gasteiger partial charge in [0.1, 0.15) is 0 Å². The van der Waals surface area contributed by atoms with E-state index >= 15 is 0 Å². The largest absolute Gasteiger partial charge is 0.466 e. The maximum absolute atomic E-state index is 11.3. The van der Waals surface area contributed by atoms with Gasteiger partial charge in [0.2, 0.25) is 0 Å². The summed E-state index contributed by atoms with van der Waals surface area (Å²) in [5, 5.41) is 0. The fourth-order valence-corrected chi connectivity index (χ4v) is 1.83. The molecule has 2 aliphatic rings. The first-order valence-electron chi connectivity index (χ1n) is 5.75. The Morgan fingerprint density at radius 1 is 1.47 bits per heavy atom. The molecule has 1 heterocycles. The third-order valence-electron chi connectivity index (χ3n) is 2.79. The van der Waals surface area contributed by atoms with E-state index in [-0.39, 0.29) is 24.3 Å². The molecule has 0 aromatic carbocycles. The van der Waals surface area contributed by atoms with Crippen LogP contribution in [0.5, 0.6) is 0 Å². The number of esters is 1. The SMILES string of the molecule is CCOC(=O)[C@@H]1C[C@@H]1O[C@@H]1CCCCO1. The Morgan fingerprint density at radius 2 is 2.33 bits per heavy atom. The van der Waals surface area contributed by atoms with Gasteiger partial charge in [-0.25, -0.2) is 0 Å². The summed E-state index contributed by atoms with van der Waals surface area (Å²) in [5.41, 5.74) is 0. The molecule has 0 amide bonds. The van der Waals surface area contributed by atoms with Crippen molar-refractivity contribution in [3.05, 3.63) is 0 Å². The molecule has 3 atom stereocenters. The molecule has 15 heavy (non-hydrogen) atoms. The van der Waals surface area contributed by atoms with Crippen molar-refractivity contribution in [3.63, 3.8) is 0 Å². The van der Waals surface area contributed by atoms with Crippen molar-refractivity contribution in [2.24, 2.45) is 5.92 Å². The van der Waals surface area contributed by atoms with Crippen LogP contribution >= 0.6 is 0 Å². The molecule has 2 fully saturated rings. The lowest BCUT2D eigenvalue weighted by molar-refractivity contribution is -0.174. The molecule has 0 spiro atoms. The standard InChI is InChI=1S/C11H18O4/c1-2-13-11(12)8-7-9(8)15-10-5-3-4-6-14-10/h8-10H,2-7H2,1H3/t8-,9+,10-/m1/s1. The molecule has 4 nitrogen and oxygen atoms in total. The predicted molar refractivity (Wildman–Crippen MR) is 53.2 cm³/mol. The average molecular weight is 214 g/mol. The summed E-state index contributed by atoms with van der Waals surface area (Å²) in [4.78, 5) is 11.3. The fourth-order valence-electron chi connectivity index (χ4n) is 1.83. The molecule has 1 saturated heterocycles. The van der Waals surface area contributed by atoms with Gasteiger partial charge in [-0.2, -0.15) is 0 Å². The molecular weight excluding hydrogens is 196 g/mol. The highest BCUT2D eigenvalue weighted by molar-refractivity contribution is 5.76. The Kier molecular flexibility index (Phi) is 3.59. The second-order valence-electron chi connectivity index (χ2n) is 4.06. The normalized spacial score (nSPS) is 34.9. The van der Waals surface area contributed by atoms with Crippen LogP contribution < -0.4 is 0 Å². The molecule has 86 valence electrons. The van der Waals surface area contributed by atoms with Crippen LogP contribution in [0.2, 0.25) is 0 Å². The van der Waals surface area contributed by atoms with Crippen LogP contribution in [0.4, 0.5) is 0 Å². The number of rotatable bonds is 4. The van der Waals surface area contributed by atoms with Crippen LogP contribution in [-0.4, -0.2) is 31.6 Å². The van der Waals surface area contributed by atoms with Crippen molar-refractivity contribution in [3.8, 4) is 0 Å². The van der Waals surface area contributed by atoms with Gasteiger partial charge in [0.15, 0.2) is 6.29 Å². The van der Waals surface area contributed by atoms with Gasteiger partial charge in [0, 0.05) is 6.61 Å². The van der Waals surface area contributed by atoms with Gasteiger partial charge >= 0.3 is 5.97 Å². The zero-order valence-corrected chi connectivity index (χ0v) is 9.11. The summed E-state index contributed by atoms with van der Waals surface area (Å²) in [6, 6.07) is 0. The van der Waals surface area contributed by atoms with Crippen molar-refractivity contribution in [1.82, 2.24) is 0 Å². The van der Waals surface area contributed by atoms with Crippen molar-refractivity contribution >= 4 is 5.97 Å². The minimum atomic E-state index is -0.127. The monoisotopic (exact) mass is 214 g/mol. The van der Waals surface area contributed by atoms with E-state index in [0.717, 1.165) is 32.3 Å². The summed E-state index contributed by atoms with van der Waals surface area (Å²) >= 11 is 0. The Labute approximate surface area is 89.9 Å². The lowest BCUT2D eigenvalue weighted by Gasteiger charge is -2.22. The smallest absolute Gasteiger partial charge is 0.311 e. The second-order valence-corrected chi connectivity index (χ2v) is 4.06. The van der Waals surface area contributed by atoms with E-state index in [1.54, 1.807) is 0 Å². The van der Waals surface area contributed by atoms with Crippen LogP contribution in [0.25, 0.3) is 0 Å². The summed E-state index contributed by atoms with van der Waals surface area (Å²) in [7, 11) is 0. The highest BCUT2D eigenvalue weighted by atomic mass is 16.7. The molecule has 2 rings (SSSR count). The topological polar surface area (TPSA) is 44.8 Å². The molecule has 0 unspecified atom stereocenters. The third kappa shape index (κ3) is 2.92. The Balaban J connectivity index is 1.67. The first-order chi connectivity index (χ1) is 7.31. The predicted octanol–water partition coefficient (Wildman–Crippen LogP) is 1.48. The van der Waals surface area contributed by atoms with Gasteiger partial charge < -0.3 is 14.2 Å². The third-order valence-corrected chi connectivity index (χ3v) is 2.79. The van der Waals surface area contributed by atoms with Gasteiger partial charge in [-0.05, 0) is 32.6 Å². The van der Waals surface area contributed by atoms with Crippen LogP contribution in [0.15, 0.2) is 0 Å². The van der Waals surface area contributed by atoms with Gasteiger partial charge in [-0.15, -0.1) is 0 Å². The molecule has 0 aromatic heterocycles. The fraction of sp³-hybridized carbons (Fsp3) is 0.909. The molecule has 0 bridgehead atoms. The van der Waals surface area contributed by atoms with Crippen molar-refractivity contribution in [2.45, 2.75) is 45.0 Å². The molecule has 0 radical (unpaired) electrons. The first kappa shape index (κ1) is 10.9. The number of hydrogen-bond donors (Lipinski definition) is 0. The van der Waals surface area contributed by atoms with Crippen molar-refractivity contribution in [2.75, 3.05) is 13.2 Å². The van der Waals surface area contributed by atoms with Gasteiger partial charge in [0.05, 0.1) is 18.6 Å². The maximum Gasteiger partial charge on any atom is 0.311 e. The number of carbonyl (C=O) groups is 1. The lowest BCUT2D eigenvalue weighted by atomic mass is 10.2. The lowest BCUT2D eigenvalue weighted by Crippen LogP contribution is -2.24. The molecule has 1 saturated carbocycles. The van der Waals surface area contributed by atoms with Gasteiger partial charge in [-0.3, -0.25) is 4.79 Å². The highest BCUT2D eigenvalue weighted by Crippen LogP contribution is 2.37. The molecular formula is C11H18O4. The zero-order valence-electron chi connectivity index (χ0n) is 9.11. The zero-order chi connectivity index (χ0) is 10.7. The van der Waals surface area contributed by atoms with Gasteiger partial charge in [-0.1, -0.05) is 0 Å². The van der Waals surface area contributed by atoms with Crippen LogP contribution in [0, 0.1) is 5.92 Å². The number of hydrogen-bond acceptors (Lipinski definition) is 4. The van der Waals surface area contributed by atoms with Crippen molar-refractivity contribution in [1.29, 1.82) is 0 Å². The van der Waals surface area contributed by atoms with Crippen LogP contribution in [0.3, 0.4) is 0 Å². The van der Waals surface area contributed by atoms with Crippen molar-refractivity contribution < 1.29 is 19.0 Å². The molecule has 4 heteroatoms. The molecule has 1 aliphatic heterocycles. The van der Waals surface area contributed by atoms with Gasteiger partial charge in [0.25, 0.3) is 0 Å². The minimum absolute atomic E-state index is 0.0344. The maximum atomic E-state index is 11.3. The van der Waals surface area contributed by atoms with E-state index in [9.17, 15) is 4.79 Å². The Morgan fingerprint density at radius 3 is 3.00 bits per heavy atom. The molecule has 0 aromatic rings. The van der Waals surface area contributed by atoms with Crippen LogP contribution in [-0.2, 0) is 19.0 Å². The summed E-state index contributed by atoms with van der Waals surface area (Å²) < 4.78 is 16.0. The summed E-state index contributed by atoms with van der Waals surface area (Å²) in [5.74, 6) is -0.172. The van der Waals surface area contributed by atoms with E-state index in [0.29, 0.717) is 6.61 Å². The van der Waals surface area contributed by atoms with E-state index in [1.165, 1.54) is 0 Å². The Bertz CT molecular complexity index is 223. The quantitative estimate of drug-likeness (QED) is 0.665. The highest BCUT2D eigenvalue weighted by Gasteiger charge is 2.46. The summed E-state index contributed by atoms with van der Waals surface area (Å²) in [6.45, 7) is 3.05. The first-order valence-corrected chi connectivity index (χ1v) is 5.75.